The number of fused-ring (bicyclic) bond motifs is 2. The summed E-state index contributed by atoms with van der Waals surface area (Å²) >= 11 is 0. The van der Waals surface area contributed by atoms with Gasteiger partial charge in [0, 0.05) is 40.9 Å². The number of phenols is 1. The van der Waals surface area contributed by atoms with Crippen LogP contribution in [0.2, 0.25) is 0 Å². The first-order valence-electron chi connectivity index (χ1n) is 12.7. The highest BCUT2D eigenvalue weighted by atomic mass is 19.2. The number of hydrogen-bond donors (Lipinski definition) is 2. The maximum absolute atomic E-state index is 15.2. The number of aromatic nitrogens is 4. The molecule has 2 N–H and O–H groups in total. The number of aromatic hydroxyl groups is 1. The summed E-state index contributed by atoms with van der Waals surface area (Å²) in [5, 5.41) is 30.2. The second kappa shape index (κ2) is 10.0. The van der Waals surface area contributed by atoms with Gasteiger partial charge in [0.25, 0.3) is 0 Å². The van der Waals surface area contributed by atoms with Gasteiger partial charge in [-0.3, -0.25) is 0 Å². The number of alkyl halides is 1. The van der Waals surface area contributed by atoms with Crippen LogP contribution < -0.4 is 15.0 Å². The lowest BCUT2D eigenvalue weighted by Gasteiger charge is -2.55. The molecule has 2 fully saturated rings. The quantitative estimate of drug-likeness (QED) is 0.451. The van der Waals surface area contributed by atoms with Crippen LogP contribution in [-0.2, 0) is 0 Å². The second-order valence-corrected chi connectivity index (χ2v) is 10.8. The smallest absolute Gasteiger partial charge is 0.233 e. The fourth-order valence-corrected chi connectivity index (χ4v) is 6.21. The molecule has 0 saturated carbocycles. The van der Waals surface area contributed by atoms with E-state index in [-0.39, 0.29) is 46.4 Å². The second-order valence-electron chi connectivity index (χ2n) is 10.8. The molecule has 202 valence electrons. The lowest BCUT2D eigenvalue weighted by molar-refractivity contribution is 0.0767. The fourth-order valence-electron chi connectivity index (χ4n) is 6.21. The number of halogens is 3. The molecule has 0 amide bonds. The molecule has 2 saturated heterocycles. The molecular formula is C27H31F3N6O2. The van der Waals surface area contributed by atoms with Crippen LogP contribution in [0, 0.1) is 11.6 Å². The summed E-state index contributed by atoms with van der Waals surface area (Å²) in [7, 11) is 1.37. The molecule has 3 aromatic rings. The number of rotatable bonds is 7. The third-order valence-electron chi connectivity index (χ3n) is 7.74. The summed E-state index contributed by atoms with van der Waals surface area (Å²) in [5.41, 5.74) is -0.545. The van der Waals surface area contributed by atoms with Crippen LogP contribution in [0.1, 0.15) is 46.0 Å². The number of hydrogen-bond acceptors (Lipinski definition) is 8. The van der Waals surface area contributed by atoms with Crippen molar-refractivity contribution in [2.24, 2.45) is 0 Å². The summed E-state index contributed by atoms with van der Waals surface area (Å²) in [6, 6.07) is 5.61. The molecule has 11 heteroatoms. The van der Waals surface area contributed by atoms with Gasteiger partial charge in [0.2, 0.25) is 5.88 Å². The molecule has 2 aliphatic rings. The van der Waals surface area contributed by atoms with E-state index in [1.54, 1.807) is 6.07 Å². The van der Waals surface area contributed by atoms with Crippen molar-refractivity contribution in [3.63, 3.8) is 0 Å². The summed E-state index contributed by atoms with van der Waals surface area (Å²) < 4.78 is 49.0. The first-order valence-corrected chi connectivity index (χ1v) is 12.7. The van der Waals surface area contributed by atoms with E-state index in [1.165, 1.54) is 25.4 Å². The number of phenolic OH excluding ortho intramolecular Hbond substituents is 1. The van der Waals surface area contributed by atoms with Gasteiger partial charge in [-0.15, -0.1) is 15.3 Å². The zero-order chi connectivity index (χ0) is 27.1. The van der Waals surface area contributed by atoms with Crippen molar-refractivity contribution in [2.45, 2.75) is 63.1 Å². The Bertz CT molecular complexity index is 1310. The predicted octanol–water partition coefficient (Wildman–Crippen LogP) is 4.82. The zero-order valence-electron chi connectivity index (χ0n) is 21.6. The van der Waals surface area contributed by atoms with Crippen molar-refractivity contribution in [3.8, 4) is 34.0 Å². The van der Waals surface area contributed by atoms with E-state index in [0.717, 1.165) is 38.2 Å². The number of nitrogens with zero attached hydrogens (tertiary/aromatic N) is 5. The Morgan fingerprint density at radius 2 is 1.82 bits per heavy atom. The van der Waals surface area contributed by atoms with Gasteiger partial charge in [-0.2, -0.15) is 5.10 Å². The largest absolute Gasteiger partial charge is 0.507 e. The molecule has 5 rings (SSSR count). The number of benzene rings is 1. The van der Waals surface area contributed by atoms with Gasteiger partial charge in [0.1, 0.15) is 12.4 Å². The molecule has 3 atom stereocenters. The standard InChI is InChI=1S/C27H31F3N6O2/c1-26-7-4-8-27(2,35-26)14-17(13-26)36(10-9-28)21-6-5-19(32-33-21)23-20(37)12-18(24(29)25(23)30)16-11-22(38-3)34-31-15-16/h5-6,11-12,15,17,35,37H,4,7-10,13-14H2,1-3H3/t17?,26-,27+. The van der Waals surface area contributed by atoms with Crippen LogP contribution in [0.4, 0.5) is 19.0 Å². The van der Waals surface area contributed by atoms with Gasteiger partial charge in [-0.1, -0.05) is 0 Å². The molecular weight excluding hydrogens is 497 g/mol. The molecule has 2 aromatic heterocycles. The molecule has 4 heterocycles. The SMILES string of the molecule is COc1cc(-c2cc(O)c(-c3ccc(N(CCF)C4C[C@]5(C)CCC[C@](C)(C4)N5)nn3)c(F)c2F)cnn1. The number of piperidine rings is 2. The Balaban J connectivity index is 1.45. The highest BCUT2D eigenvalue weighted by Crippen LogP contribution is 2.43. The summed E-state index contributed by atoms with van der Waals surface area (Å²) in [6.07, 6.45) is 6.17. The summed E-state index contributed by atoms with van der Waals surface area (Å²) in [5.74, 6) is -2.39. The third-order valence-corrected chi connectivity index (χ3v) is 7.74. The van der Waals surface area contributed by atoms with Gasteiger partial charge in [-0.25, -0.2) is 13.2 Å². The van der Waals surface area contributed by atoms with E-state index in [9.17, 15) is 9.50 Å². The van der Waals surface area contributed by atoms with E-state index in [1.807, 2.05) is 4.90 Å². The van der Waals surface area contributed by atoms with Crippen molar-refractivity contribution >= 4 is 5.82 Å². The fraction of sp³-hybridized carbons (Fsp3) is 0.481. The summed E-state index contributed by atoms with van der Waals surface area (Å²) in [6.45, 7) is 4.01. The normalized spacial score (nSPS) is 24.7. The number of nitrogens with one attached hydrogen (secondary N) is 1. The molecule has 1 unspecified atom stereocenters. The first kappa shape index (κ1) is 26.1. The molecule has 0 aliphatic carbocycles. The van der Waals surface area contributed by atoms with E-state index in [0.29, 0.717) is 5.82 Å². The lowest BCUT2D eigenvalue weighted by atomic mass is 9.69. The Morgan fingerprint density at radius 1 is 1.08 bits per heavy atom. The van der Waals surface area contributed by atoms with Crippen LogP contribution in [0.5, 0.6) is 11.6 Å². The van der Waals surface area contributed by atoms with Crippen molar-refractivity contribution in [1.82, 2.24) is 25.7 Å². The first-order chi connectivity index (χ1) is 18.1. The van der Waals surface area contributed by atoms with Crippen LogP contribution in [0.15, 0.2) is 30.5 Å². The molecule has 0 radical (unpaired) electrons. The monoisotopic (exact) mass is 528 g/mol. The highest BCUT2D eigenvalue weighted by Gasteiger charge is 2.47. The van der Waals surface area contributed by atoms with E-state index >= 15 is 8.78 Å². The molecule has 2 bridgehead atoms. The van der Waals surface area contributed by atoms with Crippen LogP contribution in [0.25, 0.3) is 22.4 Å². The predicted molar refractivity (Wildman–Crippen MR) is 137 cm³/mol. The van der Waals surface area contributed by atoms with Gasteiger partial charge >= 0.3 is 0 Å². The van der Waals surface area contributed by atoms with Gasteiger partial charge in [-0.05, 0) is 64.2 Å². The molecule has 1 aromatic carbocycles. The maximum atomic E-state index is 15.2. The molecule has 38 heavy (non-hydrogen) atoms. The van der Waals surface area contributed by atoms with Gasteiger partial charge in [0.15, 0.2) is 17.5 Å². The highest BCUT2D eigenvalue weighted by molar-refractivity contribution is 5.75. The zero-order valence-corrected chi connectivity index (χ0v) is 21.6. The van der Waals surface area contributed by atoms with Crippen LogP contribution in [-0.4, -0.2) is 63.0 Å². The molecule has 8 nitrogen and oxygen atoms in total. The van der Waals surface area contributed by atoms with Crippen molar-refractivity contribution in [3.05, 3.63) is 42.1 Å². The Morgan fingerprint density at radius 3 is 2.45 bits per heavy atom. The molecule has 2 aliphatic heterocycles. The van der Waals surface area contributed by atoms with Gasteiger partial charge < -0.3 is 20.1 Å². The average molecular weight is 529 g/mol. The lowest BCUT2D eigenvalue weighted by Crippen LogP contribution is -2.67. The number of methoxy groups -OCH3 is 1. The minimum absolute atomic E-state index is 0.0408. The van der Waals surface area contributed by atoms with E-state index < -0.39 is 29.6 Å². The topological polar surface area (TPSA) is 96.3 Å². The maximum Gasteiger partial charge on any atom is 0.233 e. The van der Waals surface area contributed by atoms with Crippen molar-refractivity contribution in [1.29, 1.82) is 0 Å². The van der Waals surface area contributed by atoms with Crippen molar-refractivity contribution in [2.75, 3.05) is 25.2 Å². The third kappa shape index (κ3) is 4.87. The van der Waals surface area contributed by atoms with E-state index in [4.69, 9.17) is 4.74 Å². The van der Waals surface area contributed by atoms with Crippen molar-refractivity contribution < 1.29 is 23.0 Å². The Kier molecular flexibility index (Phi) is 6.89. The Hall–Kier alpha value is -3.47. The van der Waals surface area contributed by atoms with E-state index in [2.05, 4.69) is 39.6 Å². The van der Waals surface area contributed by atoms with Crippen LogP contribution >= 0.6 is 0 Å². The number of anilines is 1. The molecule has 0 spiro atoms. The summed E-state index contributed by atoms with van der Waals surface area (Å²) in [4.78, 5) is 1.92. The number of ether oxygens (including phenoxy) is 1. The Labute approximate surface area is 219 Å². The minimum Gasteiger partial charge on any atom is -0.507 e. The minimum atomic E-state index is -1.27. The van der Waals surface area contributed by atoms with Gasteiger partial charge in [0.05, 0.1) is 24.6 Å². The van der Waals surface area contributed by atoms with Crippen LogP contribution in [0.3, 0.4) is 0 Å². The average Bonchev–Trinajstić information content (AvgIpc) is 2.88.